The van der Waals surface area contributed by atoms with Crippen LogP contribution < -0.4 is 9.30 Å². The van der Waals surface area contributed by atoms with Gasteiger partial charge in [0.25, 0.3) is 6.33 Å². The van der Waals surface area contributed by atoms with Crippen LogP contribution in [-0.2, 0) is 26.5 Å². The zero-order chi connectivity index (χ0) is 51.0. The van der Waals surface area contributed by atoms with Crippen LogP contribution in [0.25, 0.3) is 116 Å². The van der Waals surface area contributed by atoms with E-state index in [1.165, 1.54) is 5.56 Å². The largest absolute Gasteiger partial charge is 0.510 e. The predicted octanol–water partition coefficient (Wildman–Crippen LogP) is 15.8. The van der Waals surface area contributed by atoms with E-state index in [-0.39, 0.29) is 44.1 Å². The number of hydrogen-bond donors (Lipinski definition) is 0. The standard InChI is InChI=1S/C64H42N4O2.Pt/c1-64(2,3)41-34-35-65-59(36-41)68-55-27-11-9-22-48(55)49-31-30-44(38-57(49)68)69-43-19-13-18-42(37-43)66-39-67-61-45(40-16-5-4-6-17-40)24-14-26-54(61)60-51(32-33-53-50-23-10-12-29-58(50)70-63(53)60)46-20-7-8-21-47(46)52-25-15-28-56(66)62(52)67;/h4-36H,1-3H3;/q-2;/i4D,5D,6D,16D,17D;. The van der Waals surface area contributed by atoms with Gasteiger partial charge in [-0.15, -0.1) is 29.7 Å². The van der Waals surface area contributed by atoms with E-state index in [9.17, 15) is 2.74 Å². The average molecular weight is 1100 g/mol. The molecule has 13 aromatic rings. The van der Waals surface area contributed by atoms with Gasteiger partial charge in [0.05, 0.1) is 23.6 Å². The third kappa shape index (κ3) is 6.73. The number of rotatable bonds is 5. The molecule has 71 heavy (non-hydrogen) atoms. The molecule has 6 nitrogen and oxygen atoms in total. The van der Waals surface area contributed by atoms with Gasteiger partial charge in [-0.1, -0.05) is 160 Å². The van der Waals surface area contributed by atoms with Crippen LogP contribution in [0.1, 0.15) is 33.2 Å². The first-order valence-corrected chi connectivity index (χ1v) is 23.3. The first-order valence-electron chi connectivity index (χ1n) is 25.8. The van der Waals surface area contributed by atoms with Crippen molar-refractivity contribution < 1.29 is 41.6 Å². The van der Waals surface area contributed by atoms with Crippen molar-refractivity contribution >= 4 is 54.8 Å². The number of imidazole rings is 1. The second-order valence-corrected chi connectivity index (χ2v) is 18.7. The fourth-order valence-corrected chi connectivity index (χ4v) is 10.4. The molecule has 0 bridgehead atoms. The predicted molar refractivity (Wildman–Crippen MR) is 281 cm³/mol. The Morgan fingerprint density at radius 2 is 1.30 bits per heavy atom. The number of nitrogens with zero attached hydrogens (tertiary/aromatic N) is 4. The SMILES string of the molecule is [2H]c1c([2H])c([2H])c(-c2cccc3c2-[n+]2[c-]n(-c4[c-]c(Oc5[c-]c6c(cc5)c5ccccc5n6-c5cc(C(C)(C)C)ccn5)ccc4)c4cccc(c42)-c2ccccc2-c2ccc4c(oc5ccccc54)c2-3)c([2H])c1[2H].[Pt]. The molecule has 0 saturated carbocycles. The Labute approximate surface area is 432 Å². The molecule has 0 amide bonds. The smallest absolute Gasteiger partial charge is 0.268 e. The number of ether oxygens (including phenoxy) is 1. The maximum Gasteiger partial charge on any atom is 0.268 e. The molecule has 0 saturated heterocycles. The summed E-state index contributed by atoms with van der Waals surface area (Å²) in [5, 5.41) is 3.99. The van der Waals surface area contributed by atoms with Gasteiger partial charge < -0.3 is 18.3 Å². The van der Waals surface area contributed by atoms with Crippen LogP contribution in [-0.4, -0.2) is 14.1 Å². The average Bonchev–Trinajstić information content (AvgIpc) is 4.13. The molecule has 0 radical (unpaired) electrons. The maximum absolute atomic E-state index is 9.35. The Kier molecular flexibility index (Phi) is 8.68. The minimum absolute atomic E-state index is 0. The Bertz CT molecular complexity index is 4560. The van der Waals surface area contributed by atoms with Crippen LogP contribution in [0.15, 0.2) is 205 Å². The molecule has 342 valence electrons. The number of benzene rings is 9. The van der Waals surface area contributed by atoms with E-state index in [0.29, 0.717) is 34.0 Å². The molecule has 14 rings (SSSR count). The zero-order valence-electron chi connectivity index (χ0n) is 43.6. The van der Waals surface area contributed by atoms with Crippen molar-refractivity contribution in [2.45, 2.75) is 26.2 Å². The molecule has 1 aliphatic rings. The van der Waals surface area contributed by atoms with Gasteiger partial charge in [0, 0.05) is 60.6 Å². The molecule has 7 heteroatoms. The first-order chi connectivity index (χ1) is 36.4. The molecule has 0 fully saturated rings. The van der Waals surface area contributed by atoms with Gasteiger partial charge in [-0.05, 0) is 91.3 Å². The molecule has 9 aromatic carbocycles. The zero-order valence-corrected chi connectivity index (χ0v) is 40.9. The van der Waals surface area contributed by atoms with Gasteiger partial charge in [0.2, 0.25) is 0 Å². The first kappa shape index (κ1) is 37.6. The monoisotopic (exact) mass is 1100 g/mol. The van der Waals surface area contributed by atoms with Crippen LogP contribution in [0.5, 0.6) is 11.5 Å². The van der Waals surface area contributed by atoms with E-state index in [0.717, 1.165) is 88.4 Å². The van der Waals surface area contributed by atoms with Gasteiger partial charge in [0.1, 0.15) is 17.0 Å². The molecular formula is C64H42N4O2Pt-2. The Balaban J connectivity index is 0.00000553. The second-order valence-electron chi connectivity index (χ2n) is 18.7. The summed E-state index contributed by atoms with van der Waals surface area (Å²) in [5.41, 5.74) is 12.8. The van der Waals surface area contributed by atoms with Crippen LogP contribution in [0.2, 0.25) is 0 Å². The van der Waals surface area contributed by atoms with Crippen molar-refractivity contribution in [1.82, 2.24) is 14.1 Å². The van der Waals surface area contributed by atoms with Gasteiger partial charge in [0.15, 0.2) is 0 Å². The van der Waals surface area contributed by atoms with Crippen LogP contribution in [0.3, 0.4) is 0 Å². The maximum atomic E-state index is 9.35. The Morgan fingerprint density at radius 1 is 0.606 bits per heavy atom. The molecule has 0 N–H and O–H groups in total. The minimum Gasteiger partial charge on any atom is -0.510 e. The third-order valence-electron chi connectivity index (χ3n) is 13.6. The third-order valence-corrected chi connectivity index (χ3v) is 13.6. The van der Waals surface area contributed by atoms with Crippen molar-refractivity contribution in [3.05, 3.63) is 224 Å². The Morgan fingerprint density at radius 3 is 2.15 bits per heavy atom. The number of hydrogen-bond acceptors (Lipinski definition) is 3. The molecule has 1 aliphatic heterocycles. The molecule has 0 unspecified atom stereocenters. The van der Waals surface area contributed by atoms with Crippen molar-refractivity contribution in [3.8, 4) is 73.2 Å². The molecule has 0 atom stereocenters. The van der Waals surface area contributed by atoms with Crippen molar-refractivity contribution in [3.63, 3.8) is 0 Å². The number of aromatic nitrogens is 4. The van der Waals surface area contributed by atoms with Crippen molar-refractivity contribution in [1.29, 1.82) is 0 Å². The summed E-state index contributed by atoms with van der Waals surface area (Å²) in [5.74, 6) is 1.74. The molecule has 0 aliphatic carbocycles. The van der Waals surface area contributed by atoms with Crippen LogP contribution in [0.4, 0.5) is 0 Å². The number of pyridine rings is 1. The van der Waals surface area contributed by atoms with E-state index < -0.39 is 18.1 Å². The van der Waals surface area contributed by atoms with E-state index in [2.05, 4.69) is 111 Å². The minimum atomic E-state index is -0.465. The van der Waals surface area contributed by atoms with Crippen molar-refractivity contribution in [2.75, 3.05) is 0 Å². The fourth-order valence-electron chi connectivity index (χ4n) is 10.4. The van der Waals surface area contributed by atoms with E-state index in [1.54, 1.807) is 0 Å². The molecule has 4 aromatic heterocycles. The Hall–Kier alpha value is -8.31. The van der Waals surface area contributed by atoms with Crippen molar-refractivity contribution in [2.24, 2.45) is 0 Å². The van der Waals surface area contributed by atoms with Gasteiger partial charge in [-0.3, -0.25) is 4.57 Å². The summed E-state index contributed by atoms with van der Waals surface area (Å²) in [6, 6.07) is 59.9. The fraction of sp³-hybridized carbons (Fsp3) is 0.0625. The molecule has 0 spiro atoms. The summed E-state index contributed by atoms with van der Waals surface area (Å²) >= 11 is 0. The summed E-state index contributed by atoms with van der Waals surface area (Å²) in [4.78, 5) is 4.86. The number of fused-ring (bicyclic) bond motifs is 14. The van der Waals surface area contributed by atoms with E-state index in [4.69, 9.17) is 18.3 Å². The van der Waals surface area contributed by atoms with Crippen LogP contribution in [0, 0.1) is 18.5 Å². The number of para-hydroxylation sites is 4. The van der Waals surface area contributed by atoms with Crippen LogP contribution >= 0.6 is 0 Å². The molecule has 5 heterocycles. The number of furan rings is 1. The summed E-state index contributed by atoms with van der Waals surface area (Å²) in [7, 11) is 0. The normalized spacial score (nSPS) is 13.0. The van der Waals surface area contributed by atoms with Gasteiger partial charge in [-0.25, -0.2) is 4.98 Å². The summed E-state index contributed by atoms with van der Waals surface area (Å²) in [6.07, 6.45) is 5.61. The van der Waals surface area contributed by atoms with Gasteiger partial charge >= 0.3 is 0 Å². The van der Waals surface area contributed by atoms with E-state index in [1.807, 2.05) is 112 Å². The summed E-state index contributed by atoms with van der Waals surface area (Å²) < 4.78 is 64.6. The van der Waals surface area contributed by atoms with Gasteiger partial charge in [-0.2, -0.15) is 18.2 Å². The quantitative estimate of drug-likeness (QED) is 0.127. The topological polar surface area (TPSA) is 49.0 Å². The second kappa shape index (κ2) is 16.4. The summed E-state index contributed by atoms with van der Waals surface area (Å²) in [6.45, 7) is 6.59. The van der Waals surface area contributed by atoms with E-state index >= 15 is 0 Å². The molecular weight excluding hydrogens is 1050 g/mol.